The number of hydrazone groups is 1. The summed E-state index contributed by atoms with van der Waals surface area (Å²) in [5.74, 6) is -1.76. The fourth-order valence-corrected chi connectivity index (χ4v) is 3.08. The molecule has 0 saturated carbocycles. The first-order valence-electron chi connectivity index (χ1n) is 9.99. The van der Waals surface area contributed by atoms with E-state index in [4.69, 9.17) is 27.9 Å². The van der Waals surface area contributed by atoms with Gasteiger partial charge in [0, 0.05) is 21.4 Å². The zero-order chi connectivity index (χ0) is 24.5. The fourth-order valence-electron chi connectivity index (χ4n) is 2.72. The Kier molecular flexibility index (Phi) is 8.61. The van der Waals surface area contributed by atoms with Gasteiger partial charge in [0.05, 0.1) is 6.21 Å². The predicted octanol–water partition coefficient (Wildman–Crippen LogP) is 4.41. The lowest BCUT2D eigenvalue weighted by atomic mass is 10.2. The Morgan fingerprint density at radius 1 is 0.912 bits per heavy atom. The summed E-state index contributed by atoms with van der Waals surface area (Å²) in [4.78, 5) is 36.0. The molecule has 34 heavy (non-hydrogen) atoms. The minimum atomic E-state index is -0.948. The van der Waals surface area contributed by atoms with Crippen molar-refractivity contribution >= 4 is 58.5 Å². The van der Waals surface area contributed by atoms with E-state index in [0.717, 1.165) is 5.56 Å². The zero-order valence-corrected chi connectivity index (χ0v) is 19.5. The van der Waals surface area contributed by atoms with Gasteiger partial charge in [0.15, 0.2) is 6.61 Å². The smallest absolute Gasteiger partial charge is 0.329 e. The Balaban J connectivity index is 1.49. The lowest BCUT2D eigenvalue weighted by Crippen LogP contribution is -2.32. The highest BCUT2D eigenvalue weighted by Crippen LogP contribution is 2.20. The molecule has 8 nitrogen and oxygen atoms in total. The van der Waals surface area contributed by atoms with E-state index in [1.807, 2.05) is 6.92 Å². The molecule has 10 heteroatoms. The summed E-state index contributed by atoms with van der Waals surface area (Å²) < 4.78 is 5.52. The molecule has 0 spiro atoms. The molecule has 0 aliphatic rings. The molecule has 0 bridgehead atoms. The number of amides is 3. The van der Waals surface area contributed by atoms with E-state index in [-0.39, 0.29) is 12.5 Å². The van der Waals surface area contributed by atoms with Crippen molar-refractivity contribution in [1.29, 1.82) is 0 Å². The Labute approximate surface area is 205 Å². The molecule has 0 aromatic heterocycles. The summed E-state index contributed by atoms with van der Waals surface area (Å²) in [6, 6.07) is 18.3. The number of hydrogen-bond donors (Lipinski definition) is 3. The molecule has 0 aliphatic carbocycles. The highest BCUT2D eigenvalue weighted by molar-refractivity contribution is 6.39. The van der Waals surface area contributed by atoms with Crippen LogP contribution < -0.4 is 20.8 Å². The zero-order valence-electron chi connectivity index (χ0n) is 18.0. The normalized spacial score (nSPS) is 10.6. The lowest BCUT2D eigenvalue weighted by Gasteiger charge is -2.10. The molecule has 3 amide bonds. The van der Waals surface area contributed by atoms with Crippen molar-refractivity contribution in [3.63, 3.8) is 0 Å². The highest BCUT2D eigenvalue weighted by atomic mass is 35.5. The molecule has 0 fully saturated rings. The minimum Gasteiger partial charge on any atom is -0.484 e. The van der Waals surface area contributed by atoms with E-state index in [0.29, 0.717) is 32.7 Å². The number of nitrogens with one attached hydrogen (secondary N) is 3. The van der Waals surface area contributed by atoms with Crippen LogP contribution in [-0.2, 0) is 14.4 Å². The molecule has 3 N–H and O–H groups in total. The van der Waals surface area contributed by atoms with Crippen LogP contribution in [0.5, 0.6) is 5.75 Å². The highest BCUT2D eigenvalue weighted by Gasteiger charge is 2.13. The number of hydrogen-bond acceptors (Lipinski definition) is 5. The van der Waals surface area contributed by atoms with E-state index in [1.54, 1.807) is 60.7 Å². The van der Waals surface area contributed by atoms with Crippen LogP contribution in [-0.4, -0.2) is 30.5 Å². The fraction of sp³-hybridized carbons (Fsp3) is 0.0833. The van der Waals surface area contributed by atoms with Crippen molar-refractivity contribution in [3.05, 3.63) is 87.9 Å². The quantitative estimate of drug-likeness (QED) is 0.254. The third kappa shape index (κ3) is 7.61. The number of halogens is 2. The molecule has 174 valence electrons. The number of benzene rings is 3. The first-order valence-corrected chi connectivity index (χ1v) is 10.7. The van der Waals surface area contributed by atoms with Crippen molar-refractivity contribution in [2.45, 2.75) is 6.92 Å². The number of anilines is 2. The number of ether oxygens (including phenoxy) is 1. The molecule has 0 saturated heterocycles. The number of nitrogens with zero attached hydrogens (tertiary/aromatic N) is 1. The molecule has 0 heterocycles. The van der Waals surface area contributed by atoms with Crippen LogP contribution in [0.2, 0.25) is 10.0 Å². The van der Waals surface area contributed by atoms with Crippen molar-refractivity contribution < 1.29 is 19.1 Å². The summed E-state index contributed by atoms with van der Waals surface area (Å²) >= 11 is 11.8. The second-order valence-electron chi connectivity index (χ2n) is 7.03. The van der Waals surface area contributed by atoms with Crippen LogP contribution in [0.1, 0.15) is 11.1 Å². The summed E-state index contributed by atoms with van der Waals surface area (Å²) in [7, 11) is 0. The topological polar surface area (TPSA) is 109 Å². The van der Waals surface area contributed by atoms with E-state index in [2.05, 4.69) is 21.2 Å². The van der Waals surface area contributed by atoms with Gasteiger partial charge >= 0.3 is 11.8 Å². The van der Waals surface area contributed by atoms with E-state index in [9.17, 15) is 14.4 Å². The van der Waals surface area contributed by atoms with Crippen molar-refractivity contribution in [1.82, 2.24) is 5.43 Å². The maximum Gasteiger partial charge on any atom is 0.329 e. The lowest BCUT2D eigenvalue weighted by molar-refractivity contribution is -0.136. The average molecular weight is 499 g/mol. The summed E-state index contributed by atoms with van der Waals surface area (Å²) in [6.07, 6.45) is 1.34. The van der Waals surface area contributed by atoms with Crippen LogP contribution in [0.15, 0.2) is 71.8 Å². The van der Waals surface area contributed by atoms with Crippen LogP contribution in [0.3, 0.4) is 0 Å². The van der Waals surface area contributed by atoms with E-state index < -0.39 is 11.8 Å². The molecule has 3 aromatic rings. The van der Waals surface area contributed by atoms with Gasteiger partial charge in [-0.3, -0.25) is 14.4 Å². The monoisotopic (exact) mass is 498 g/mol. The Morgan fingerprint density at radius 2 is 1.68 bits per heavy atom. The van der Waals surface area contributed by atoms with Gasteiger partial charge in [-0.25, -0.2) is 5.43 Å². The van der Waals surface area contributed by atoms with Gasteiger partial charge in [-0.05, 0) is 60.5 Å². The van der Waals surface area contributed by atoms with Gasteiger partial charge in [-0.2, -0.15) is 5.10 Å². The summed E-state index contributed by atoms with van der Waals surface area (Å²) in [5, 5.41) is 9.88. The Bertz CT molecular complexity index is 1250. The second-order valence-corrected chi connectivity index (χ2v) is 7.91. The number of carbonyl (C=O) groups is 3. The van der Waals surface area contributed by atoms with Gasteiger partial charge in [0.25, 0.3) is 5.91 Å². The van der Waals surface area contributed by atoms with Crippen LogP contribution in [0.25, 0.3) is 0 Å². The number of aryl methyl sites for hydroxylation is 1. The number of rotatable bonds is 7. The summed E-state index contributed by atoms with van der Waals surface area (Å²) in [6.45, 7) is 1.64. The maximum absolute atomic E-state index is 12.2. The summed E-state index contributed by atoms with van der Waals surface area (Å²) in [5.41, 5.74) is 4.59. The van der Waals surface area contributed by atoms with Gasteiger partial charge in [-0.15, -0.1) is 0 Å². The first-order chi connectivity index (χ1) is 16.3. The molecule has 0 unspecified atom stereocenters. The van der Waals surface area contributed by atoms with Crippen LogP contribution >= 0.6 is 23.2 Å². The van der Waals surface area contributed by atoms with Gasteiger partial charge in [-0.1, -0.05) is 47.5 Å². The SMILES string of the molecule is Cc1ccc(Cl)cc1NC(=O)COc1cccc(/C=N\NC(=O)C(=O)Nc2cccc(Cl)c2)c1. The largest absolute Gasteiger partial charge is 0.484 e. The maximum atomic E-state index is 12.2. The average Bonchev–Trinajstić information content (AvgIpc) is 2.80. The molecular weight excluding hydrogens is 479 g/mol. The minimum absolute atomic E-state index is 0.215. The Hall–Kier alpha value is -3.88. The third-order valence-electron chi connectivity index (χ3n) is 4.37. The number of carbonyl (C=O) groups excluding carboxylic acids is 3. The molecule has 0 atom stereocenters. The van der Waals surface area contributed by atoms with Gasteiger partial charge in [0.2, 0.25) is 0 Å². The van der Waals surface area contributed by atoms with Crippen molar-refractivity contribution in [3.8, 4) is 5.75 Å². The predicted molar refractivity (Wildman–Crippen MR) is 133 cm³/mol. The van der Waals surface area contributed by atoms with Gasteiger partial charge in [0.1, 0.15) is 5.75 Å². The van der Waals surface area contributed by atoms with Crippen LogP contribution in [0, 0.1) is 6.92 Å². The van der Waals surface area contributed by atoms with Crippen molar-refractivity contribution in [2.75, 3.05) is 17.2 Å². The van der Waals surface area contributed by atoms with Gasteiger partial charge < -0.3 is 15.4 Å². The van der Waals surface area contributed by atoms with Crippen molar-refractivity contribution in [2.24, 2.45) is 5.10 Å². The molecule has 0 aliphatic heterocycles. The molecule has 3 rings (SSSR count). The standard InChI is InChI=1S/C24H20Cl2N4O4/c1-15-8-9-18(26)12-21(15)29-22(31)14-34-20-7-2-4-16(10-20)13-27-30-24(33)23(32)28-19-6-3-5-17(25)11-19/h2-13H,14H2,1H3,(H,28,32)(H,29,31)(H,30,33)/b27-13-. The molecular formula is C24H20Cl2N4O4. The second kappa shape index (κ2) is 11.8. The van der Waals surface area contributed by atoms with Crippen LogP contribution in [0.4, 0.5) is 11.4 Å². The third-order valence-corrected chi connectivity index (χ3v) is 4.84. The van der Waals surface area contributed by atoms with E-state index >= 15 is 0 Å². The molecule has 0 radical (unpaired) electrons. The Morgan fingerprint density at radius 3 is 2.47 bits per heavy atom. The van der Waals surface area contributed by atoms with E-state index in [1.165, 1.54) is 12.3 Å². The first kappa shape index (κ1) is 24.8. The molecule has 3 aromatic carbocycles.